The molecule has 13 rings (SSSR count). The summed E-state index contributed by atoms with van der Waals surface area (Å²) in [6.45, 7) is 18.1. The van der Waals surface area contributed by atoms with Gasteiger partial charge in [-0.1, -0.05) is 60.5 Å². The highest BCUT2D eigenvalue weighted by molar-refractivity contribution is 7.99. The minimum absolute atomic E-state index is 0.0244. The van der Waals surface area contributed by atoms with Gasteiger partial charge < -0.3 is 29.5 Å². The third-order valence-electron chi connectivity index (χ3n) is 21.6. The molecular weight excluding hydrogens is 1470 g/mol. The van der Waals surface area contributed by atoms with Crippen LogP contribution in [-0.2, 0) is 34.2 Å². The second kappa shape index (κ2) is 34.4. The molecule has 2 unspecified atom stereocenters. The van der Waals surface area contributed by atoms with E-state index >= 15 is 0 Å². The molecule has 5 aromatic carbocycles. The summed E-state index contributed by atoms with van der Waals surface area (Å²) in [5, 5.41) is 5.96. The van der Waals surface area contributed by atoms with Crippen LogP contribution < -0.4 is 34.8 Å². The maximum atomic E-state index is 14.4. The van der Waals surface area contributed by atoms with Gasteiger partial charge in [0.2, 0.25) is 11.8 Å². The molecule has 0 radical (unpaired) electrons. The number of piperazine rings is 3. The molecule has 0 bridgehead atoms. The van der Waals surface area contributed by atoms with Crippen LogP contribution in [0.3, 0.4) is 0 Å². The van der Waals surface area contributed by atoms with Crippen molar-refractivity contribution in [2.75, 3.05) is 163 Å². The van der Waals surface area contributed by atoms with Gasteiger partial charge in [0, 0.05) is 151 Å². The number of pyridine rings is 1. The monoisotopic (exact) mass is 1560 g/mol. The number of allylic oxidation sites excluding steroid dienone is 1. The summed E-state index contributed by atoms with van der Waals surface area (Å²) in [6.07, 6.45) is 8.28. The first-order chi connectivity index (χ1) is 51.9. The van der Waals surface area contributed by atoms with Crippen molar-refractivity contribution < 1.29 is 63.5 Å². The molecule has 30 heteroatoms. The molecule has 23 nitrogen and oxygen atoms in total. The molecule has 3 N–H and O–H groups in total. The van der Waals surface area contributed by atoms with Crippen molar-refractivity contribution in [3.05, 3.63) is 166 Å². The fourth-order valence-electron chi connectivity index (χ4n) is 15.6. The number of imide groups is 2. The molecule has 6 aromatic rings. The van der Waals surface area contributed by atoms with Crippen LogP contribution in [-0.4, -0.2) is 237 Å². The van der Waals surface area contributed by atoms with Crippen LogP contribution in [0.2, 0.25) is 5.02 Å². The van der Waals surface area contributed by atoms with Crippen molar-refractivity contribution in [3.8, 4) is 5.75 Å². The second-order valence-corrected chi connectivity index (χ2v) is 34.3. The number of carbonyl (C=O) groups is 5. The van der Waals surface area contributed by atoms with E-state index in [1.165, 1.54) is 40.6 Å². The van der Waals surface area contributed by atoms with Crippen LogP contribution in [0, 0.1) is 5.41 Å². The molecule has 0 saturated carbocycles. The van der Waals surface area contributed by atoms with E-state index in [9.17, 15) is 54.0 Å². The number of hydrogen-bond acceptors (Lipinski definition) is 21. The van der Waals surface area contributed by atoms with Gasteiger partial charge in [-0.3, -0.25) is 53.8 Å². The first-order valence-corrected chi connectivity index (χ1v) is 41.5. The first-order valence-electron chi connectivity index (χ1n) is 37.1. The van der Waals surface area contributed by atoms with E-state index in [1.807, 2.05) is 71.6 Å². The Labute approximate surface area is 638 Å². The number of ether oxygens (including phenoxy) is 2. The molecule has 5 fully saturated rings. The highest BCUT2D eigenvalue weighted by Crippen LogP contribution is 2.45. The third-order valence-corrected chi connectivity index (χ3v) is 25.9. The molecule has 108 heavy (non-hydrogen) atoms. The lowest BCUT2D eigenvalue weighted by Crippen LogP contribution is -2.54. The summed E-state index contributed by atoms with van der Waals surface area (Å²) >= 11 is 7.85. The zero-order chi connectivity index (χ0) is 75.7. The number of thioether (sulfide) groups is 1. The van der Waals surface area contributed by atoms with Crippen molar-refractivity contribution in [1.82, 2.24) is 39.5 Å². The van der Waals surface area contributed by atoms with Crippen LogP contribution in [0.4, 0.5) is 36.1 Å². The maximum Gasteiger partial charge on any atom is 0.501 e. The number of halogens is 4. The summed E-state index contributed by atoms with van der Waals surface area (Å²) in [5.74, 6) is -1.04. The predicted molar refractivity (Wildman–Crippen MR) is 410 cm³/mol. The molecule has 6 aliphatic heterocycles. The minimum Gasteiger partial charge on any atom is -0.492 e. The van der Waals surface area contributed by atoms with Gasteiger partial charge in [0.1, 0.15) is 22.5 Å². The topological polar surface area (TPSA) is 247 Å². The Morgan fingerprint density at radius 2 is 1.43 bits per heavy atom. The average Bonchev–Trinajstić information content (AvgIpc) is 1.54. The molecule has 576 valence electrons. The third kappa shape index (κ3) is 18.8. The lowest BCUT2D eigenvalue weighted by atomic mass is 9.71. The number of unbranched alkanes of at least 4 members (excludes halogenated alkanes) is 2. The first kappa shape index (κ1) is 78.0. The van der Waals surface area contributed by atoms with Crippen LogP contribution in [0.5, 0.6) is 5.75 Å². The Balaban J connectivity index is 0.551. The van der Waals surface area contributed by atoms with Crippen molar-refractivity contribution >= 4 is 101 Å². The zero-order valence-corrected chi connectivity index (χ0v) is 63.7. The standard InChI is InChI=1S/C78H92ClF3N12O11S3/c1-77(54-90-36-42-93(43-37-90)70-25-21-61(51-83-70)105-46-7-3-6-30-87-32-40-92(41-33-87)67-12-8-11-65-72(67)76(99)94(75(65)98)68-24-26-71(95)85-74(68)97)29-27-64(55-13-17-58(79)18-14-55)57(50-77)52-89-34-38-91(39-35-89)60-19-15-56(16-20-60)73(96)86-108(102,103)63-22-23-66(69(49-63)107(100,101)78(80,81)82)84-59(28-31-88-44-47-104-48-45-88)53-106-62-9-4-2-5-10-62/h2,4-5,8-23,25,49,51,59,68,84H,3,6-7,24,26-48,50,52-54H2,1H3,(H,86,96)(H,85,95,97)/t59-,68?,77?/m1/s1. The number of aromatic nitrogens is 1. The number of carbonyl (C=O) groups excluding carboxylic acids is 5. The number of benzene rings is 5. The Morgan fingerprint density at radius 3 is 2.13 bits per heavy atom. The number of nitrogens with zero attached hydrogens (tertiary/aromatic N) is 9. The number of rotatable bonds is 28. The normalized spacial score (nSPS) is 20.8. The van der Waals surface area contributed by atoms with Gasteiger partial charge in [-0.25, -0.2) is 26.5 Å². The quantitative estimate of drug-likeness (QED) is 0.0235. The summed E-state index contributed by atoms with van der Waals surface area (Å²) in [4.78, 5) is 86.2. The molecular formula is C78H92ClF3N12O11S3. The van der Waals surface area contributed by atoms with Gasteiger partial charge in [-0.2, -0.15) is 13.2 Å². The molecule has 5 amide bonds. The van der Waals surface area contributed by atoms with Crippen LogP contribution in [0.25, 0.3) is 5.57 Å². The highest BCUT2D eigenvalue weighted by Gasteiger charge is 2.50. The molecule has 7 heterocycles. The number of fused-ring (bicyclic) bond motifs is 1. The van der Waals surface area contributed by atoms with Crippen LogP contribution in [0.15, 0.2) is 154 Å². The van der Waals surface area contributed by atoms with Crippen molar-refractivity contribution in [3.63, 3.8) is 0 Å². The summed E-state index contributed by atoms with van der Waals surface area (Å²) in [5.41, 5.74) is -0.0726. The largest absolute Gasteiger partial charge is 0.501 e. The number of sulfonamides is 1. The van der Waals surface area contributed by atoms with E-state index in [2.05, 4.69) is 64.0 Å². The van der Waals surface area contributed by atoms with Gasteiger partial charge in [-0.05, 0) is 165 Å². The zero-order valence-electron chi connectivity index (χ0n) is 60.5. The molecule has 3 atom stereocenters. The second-order valence-electron chi connectivity index (χ2n) is 29.1. The number of nitrogens with one attached hydrogen (secondary N) is 3. The summed E-state index contributed by atoms with van der Waals surface area (Å²) < 4.78 is 111. The number of alkyl halides is 3. The van der Waals surface area contributed by atoms with Gasteiger partial charge in [0.15, 0.2) is 0 Å². The molecule has 1 aliphatic carbocycles. The Kier molecular flexibility index (Phi) is 24.9. The smallest absolute Gasteiger partial charge is 0.492 e. The number of sulfone groups is 1. The predicted octanol–water partition coefficient (Wildman–Crippen LogP) is 9.80. The fraction of sp³-hybridized carbons (Fsp3) is 0.462. The van der Waals surface area contributed by atoms with Crippen molar-refractivity contribution in [2.24, 2.45) is 5.41 Å². The lowest BCUT2D eigenvalue weighted by molar-refractivity contribution is -0.136. The van der Waals surface area contributed by atoms with E-state index in [-0.39, 0.29) is 23.8 Å². The van der Waals surface area contributed by atoms with E-state index in [1.54, 1.807) is 24.3 Å². The number of anilines is 4. The van der Waals surface area contributed by atoms with Gasteiger partial charge in [0.25, 0.3) is 37.6 Å². The van der Waals surface area contributed by atoms with E-state index in [0.717, 1.165) is 150 Å². The number of piperidine rings is 1. The Morgan fingerprint density at radius 1 is 0.731 bits per heavy atom. The summed E-state index contributed by atoms with van der Waals surface area (Å²) in [7, 11) is -11.0. The van der Waals surface area contributed by atoms with Gasteiger partial charge >= 0.3 is 5.51 Å². The fourth-order valence-corrected chi connectivity index (χ4v) is 18.8. The van der Waals surface area contributed by atoms with Crippen LogP contribution >= 0.6 is 23.4 Å². The van der Waals surface area contributed by atoms with E-state index in [0.29, 0.717) is 106 Å². The number of hydrogen-bond donors (Lipinski definition) is 3. The molecule has 5 saturated heterocycles. The molecule has 0 spiro atoms. The van der Waals surface area contributed by atoms with Crippen LogP contribution in [0.1, 0.15) is 101 Å². The lowest BCUT2D eigenvalue weighted by Gasteiger charge is -2.44. The maximum absolute atomic E-state index is 14.4. The molecule has 1 aromatic heterocycles. The number of amides is 5. The summed E-state index contributed by atoms with van der Waals surface area (Å²) in [6, 6.07) is 34.2. The van der Waals surface area contributed by atoms with E-state index < -0.39 is 82.5 Å². The van der Waals surface area contributed by atoms with Crippen molar-refractivity contribution in [2.45, 2.75) is 97.0 Å². The minimum atomic E-state index is -6.10. The van der Waals surface area contributed by atoms with Crippen molar-refractivity contribution in [1.29, 1.82) is 0 Å². The van der Waals surface area contributed by atoms with Gasteiger partial charge in [0.05, 0.1) is 53.4 Å². The van der Waals surface area contributed by atoms with E-state index in [4.69, 9.17) is 26.1 Å². The highest BCUT2D eigenvalue weighted by atomic mass is 35.5. The molecule has 7 aliphatic rings. The Hall–Kier alpha value is -8.13. The van der Waals surface area contributed by atoms with Gasteiger partial charge in [-0.15, -0.1) is 11.8 Å². The Bertz CT molecular complexity index is 4480. The SMILES string of the molecule is CC1(CN2CCN(c3ccc(OCCCCCN4CCN(c5cccc6c5C(=O)N(C5CCC(=O)NC5=O)C6=O)CC4)cn3)CC2)CCC(c2ccc(Cl)cc2)=C(CN2CCN(c3ccc(C(=O)NS(=O)(=O)c4ccc(N[C@H](CCN5CCOCC5)CSc5ccccc5)c(S(=O)(=O)C(F)(F)F)c4)cc3)CC2)C1. The average molecular weight is 1560 g/mol. The number of morpholine rings is 1.